The summed E-state index contributed by atoms with van der Waals surface area (Å²) in [6, 6.07) is 2.14. The van der Waals surface area contributed by atoms with Gasteiger partial charge in [-0.2, -0.15) is 5.26 Å². The minimum atomic E-state index is -0.541. The molecule has 2 aliphatic heterocycles. The lowest BCUT2D eigenvalue weighted by Gasteiger charge is -2.21. The fourth-order valence-corrected chi connectivity index (χ4v) is 2.05. The van der Waals surface area contributed by atoms with Crippen LogP contribution in [-0.2, 0) is 9.47 Å². The molecule has 2 aliphatic rings. The average Bonchev–Trinajstić information content (AvgIpc) is 2.47. The van der Waals surface area contributed by atoms with Crippen molar-refractivity contribution >= 4 is 0 Å². The van der Waals surface area contributed by atoms with Crippen molar-refractivity contribution in [3.63, 3.8) is 0 Å². The first kappa shape index (κ1) is 8.95. The number of rotatable bonds is 0. The summed E-state index contributed by atoms with van der Waals surface area (Å²) in [6.45, 7) is 5.78. The van der Waals surface area contributed by atoms with Gasteiger partial charge in [0.05, 0.1) is 6.07 Å². The number of nitrogens with zero attached hydrogens (tertiary/aromatic N) is 1. The van der Waals surface area contributed by atoms with Crippen LogP contribution in [0.15, 0.2) is 0 Å². The fraction of sp³-hybridized carbons (Fsp3) is 0.889. The number of ether oxygens (including phenoxy) is 2. The van der Waals surface area contributed by atoms with Crippen LogP contribution in [0.5, 0.6) is 0 Å². The molecule has 0 aromatic rings. The van der Waals surface area contributed by atoms with Crippen LogP contribution in [0.2, 0.25) is 0 Å². The fourth-order valence-electron chi connectivity index (χ4n) is 2.05. The second-order valence-corrected chi connectivity index (χ2v) is 4.13. The molecule has 0 radical (unpaired) electrons. The van der Waals surface area contributed by atoms with E-state index in [-0.39, 0.29) is 24.3 Å². The summed E-state index contributed by atoms with van der Waals surface area (Å²) >= 11 is 0. The number of hydrogen-bond acceptors (Lipinski definition) is 4. The summed E-state index contributed by atoms with van der Waals surface area (Å²) in [5.41, 5.74) is 0. The van der Waals surface area contributed by atoms with E-state index in [0.717, 1.165) is 0 Å². The molecule has 0 saturated carbocycles. The van der Waals surface area contributed by atoms with Gasteiger partial charge in [-0.3, -0.25) is 5.32 Å². The Morgan fingerprint density at radius 1 is 1.31 bits per heavy atom. The van der Waals surface area contributed by atoms with Crippen LogP contribution in [0.1, 0.15) is 20.8 Å². The Hall–Kier alpha value is -0.630. The van der Waals surface area contributed by atoms with Gasteiger partial charge in [0.25, 0.3) is 0 Å². The molecule has 0 spiro atoms. The SMILES string of the molecule is CC1NC(C#N)C2OC(C)(C)OC12. The first-order valence-corrected chi connectivity index (χ1v) is 4.55. The van der Waals surface area contributed by atoms with Crippen LogP contribution >= 0.6 is 0 Å². The van der Waals surface area contributed by atoms with E-state index in [9.17, 15) is 0 Å². The predicted octanol–water partition coefficient (Wildman–Crippen LogP) is 0.390. The molecule has 0 aromatic carbocycles. The minimum absolute atomic E-state index is 0.0136. The molecule has 2 fully saturated rings. The highest BCUT2D eigenvalue weighted by Crippen LogP contribution is 2.35. The topological polar surface area (TPSA) is 54.3 Å². The number of fused-ring (bicyclic) bond motifs is 1. The van der Waals surface area contributed by atoms with E-state index in [1.165, 1.54) is 0 Å². The third-order valence-corrected chi connectivity index (χ3v) is 2.57. The van der Waals surface area contributed by atoms with Gasteiger partial charge in [0.1, 0.15) is 18.2 Å². The molecular formula is C9H14N2O2. The predicted molar refractivity (Wildman–Crippen MR) is 45.8 cm³/mol. The maximum atomic E-state index is 8.85. The Bertz CT molecular complexity index is 259. The molecule has 2 heterocycles. The van der Waals surface area contributed by atoms with Crippen molar-refractivity contribution in [3.8, 4) is 6.07 Å². The molecule has 1 N–H and O–H groups in total. The summed E-state index contributed by atoms with van der Waals surface area (Å²) in [7, 11) is 0. The highest BCUT2D eigenvalue weighted by atomic mass is 16.8. The second kappa shape index (κ2) is 2.68. The van der Waals surface area contributed by atoms with Crippen molar-refractivity contribution in [2.24, 2.45) is 0 Å². The first-order chi connectivity index (χ1) is 6.03. The Morgan fingerprint density at radius 3 is 2.54 bits per heavy atom. The molecule has 2 rings (SSSR count). The normalized spacial score (nSPS) is 47.2. The standard InChI is InChI=1S/C9H14N2O2/c1-5-7-8(6(4-10)11-5)13-9(2,3)12-7/h5-8,11H,1-3H3. The lowest BCUT2D eigenvalue weighted by atomic mass is 10.1. The van der Waals surface area contributed by atoms with Crippen molar-refractivity contribution in [1.82, 2.24) is 5.32 Å². The van der Waals surface area contributed by atoms with Crippen molar-refractivity contribution in [3.05, 3.63) is 0 Å². The van der Waals surface area contributed by atoms with Crippen molar-refractivity contribution in [2.45, 2.75) is 50.8 Å². The molecule has 2 saturated heterocycles. The van der Waals surface area contributed by atoms with Crippen molar-refractivity contribution < 1.29 is 9.47 Å². The molecule has 0 bridgehead atoms. The van der Waals surface area contributed by atoms with Gasteiger partial charge in [0.2, 0.25) is 0 Å². The summed E-state index contributed by atoms with van der Waals surface area (Å²) < 4.78 is 11.3. The molecular weight excluding hydrogens is 168 g/mol. The summed E-state index contributed by atoms with van der Waals surface area (Å²) in [5.74, 6) is -0.541. The van der Waals surface area contributed by atoms with Gasteiger partial charge in [-0.1, -0.05) is 0 Å². The maximum Gasteiger partial charge on any atom is 0.163 e. The molecule has 4 nitrogen and oxygen atoms in total. The van der Waals surface area contributed by atoms with E-state index in [1.807, 2.05) is 20.8 Å². The van der Waals surface area contributed by atoms with Gasteiger partial charge >= 0.3 is 0 Å². The molecule has 13 heavy (non-hydrogen) atoms. The highest BCUT2D eigenvalue weighted by molar-refractivity contribution is 5.10. The summed E-state index contributed by atoms with van der Waals surface area (Å²) in [5, 5.41) is 12.0. The zero-order valence-electron chi connectivity index (χ0n) is 8.07. The van der Waals surface area contributed by atoms with E-state index in [0.29, 0.717) is 0 Å². The molecule has 4 atom stereocenters. The van der Waals surface area contributed by atoms with Gasteiger partial charge in [0.15, 0.2) is 5.79 Å². The first-order valence-electron chi connectivity index (χ1n) is 4.55. The van der Waals surface area contributed by atoms with Gasteiger partial charge < -0.3 is 9.47 Å². The highest BCUT2D eigenvalue weighted by Gasteiger charge is 2.52. The van der Waals surface area contributed by atoms with E-state index in [4.69, 9.17) is 14.7 Å². The Labute approximate surface area is 77.8 Å². The Morgan fingerprint density at radius 2 is 1.92 bits per heavy atom. The number of nitriles is 1. The Kier molecular flexibility index (Phi) is 1.84. The average molecular weight is 182 g/mol. The number of nitrogens with one attached hydrogen (secondary N) is 1. The number of hydrogen-bond donors (Lipinski definition) is 1. The van der Waals surface area contributed by atoms with E-state index in [1.54, 1.807) is 0 Å². The molecule has 4 unspecified atom stereocenters. The van der Waals surface area contributed by atoms with Crippen LogP contribution in [-0.4, -0.2) is 30.1 Å². The van der Waals surface area contributed by atoms with Crippen molar-refractivity contribution in [1.29, 1.82) is 5.26 Å². The van der Waals surface area contributed by atoms with Gasteiger partial charge in [0, 0.05) is 6.04 Å². The van der Waals surface area contributed by atoms with Gasteiger partial charge in [-0.25, -0.2) is 0 Å². The molecule has 72 valence electrons. The zero-order valence-corrected chi connectivity index (χ0v) is 8.07. The Balaban J connectivity index is 2.18. The third kappa shape index (κ3) is 1.33. The molecule has 0 aliphatic carbocycles. The summed E-state index contributed by atoms with van der Waals surface area (Å²) in [4.78, 5) is 0. The van der Waals surface area contributed by atoms with Gasteiger partial charge in [-0.05, 0) is 20.8 Å². The quantitative estimate of drug-likeness (QED) is 0.589. The monoisotopic (exact) mass is 182 g/mol. The molecule has 0 amide bonds. The molecule has 0 aromatic heterocycles. The smallest absolute Gasteiger partial charge is 0.163 e. The van der Waals surface area contributed by atoms with Crippen LogP contribution < -0.4 is 5.32 Å². The van der Waals surface area contributed by atoms with Crippen molar-refractivity contribution in [2.75, 3.05) is 0 Å². The van der Waals surface area contributed by atoms with E-state index >= 15 is 0 Å². The van der Waals surface area contributed by atoms with Crippen LogP contribution in [0.3, 0.4) is 0 Å². The zero-order chi connectivity index (χ0) is 9.64. The van der Waals surface area contributed by atoms with E-state index in [2.05, 4.69) is 11.4 Å². The molecule has 4 heteroatoms. The second-order valence-electron chi connectivity index (χ2n) is 4.13. The van der Waals surface area contributed by atoms with E-state index < -0.39 is 5.79 Å². The lowest BCUT2D eigenvalue weighted by molar-refractivity contribution is -0.154. The largest absolute Gasteiger partial charge is 0.343 e. The minimum Gasteiger partial charge on any atom is -0.343 e. The van der Waals surface area contributed by atoms with Gasteiger partial charge in [-0.15, -0.1) is 0 Å². The lowest BCUT2D eigenvalue weighted by Crippen LogP contribution is -2.36. The maximum absolute atomic E-state index is 8.85. The third-order valence-electron chi connectivity index (χ3n) is 2.57. The van der Waals surface area contributed by atoms with Crippen LogP contribution in [0.25, 0.3) is 0 Å². The summed E-state index contributed by atoms with van der Waals surface area (Å²) in [6.07, 6.45) is -0.102. The van der Waals surface area contributed by atoms with Crippen LogP contribution in [0, 0.1) is 11.3 Å². The van der Waals surface area contributed by atoms with Crippen LogP contribution in [0.4, 0.5) is 0 Å².